The predicted octanol–water partition coefficient (Wildman–Crippen LogP) is 2.12. The summed E-state index contributed by atoms with van der Waals surface area (Å²) in [7, 11) is 0. The van der Waals surface area contributed by atoms with Gasteiger partial charge in [-0.2, -0.15) is 0 Å². The third-order valence-corrected chi connectivity index (χ3v) is 6.42. The maximum atomic E-state index is 12.5. The Bertz CT molecular complexity index is 1080. The second-order valence-corrected chi connectivity index (χ2v) is 8.79. The van der Waals surface area contributed by atoms with Gasteiger partial charge in [0, 0.05) is 61.9 Å². The van der Waals surface area contributed by atoms with Crippen LogP contribution in [0, 0.1) is 12.8 Å². The van der Waals surface area contributed by atoms with E-state index in [1.807, 2.05) is 13.0 Å². The fourth-order valence-electron chi connectivity index (χ4n) is 4.40. The molecule has 2 aliphatic heterocycles. The van der Waals surface area contributed by atoms with Crippen LogP contribution >= 0.6 is 0 Å². The standard InChI is InChI=1S/C25H29N5O4/c1-17-4-5-20(15-21(17)30-12-2-3-22(30)31)28-24(33)23(32)27-16-18-8-13-29(14-9-18)25(34)19-6-10-26-11-7-19/h4-7,10-11,15,18H,2-3,8-9,12-14,16H2,1H3,(H,27,32)(H,28,33). The molecule has 4 rings (SSSR count). The molecule has 9 heteroatoms. The molecule has 0 unspecified atom stereocenters. The van der Waals surface area contributed by atoms with Gasteiger partial charge in [-0.1, -0.05) is 6.07 Å². The number of anilines is 2. The number of carbonyl (C=O) groups is 4. The predicted molar refractivity (Wildman–Crippen MR) is 127 cm³/mol. The van der Waals surface area contributed by atoms with E-state index in [1.54, 1.807) is 46.5 Å². The third kappa shape index (κ3) is 5.41. The zero-order valence-corrected chi connectivity index (χ0v) is 19.3. The highest BCUT2D eigenvalue weighted by Gasteiger charge is 2.26. The van der Waals surface area contributed by atoms with Gasteiger partial charge in [0.05, 0.1) is 0 Å². The summed E-state index contributed by atoms with van der Waals surface area (Å²) in [4.78, 5) is 56.8. The maximum Gasteiger partial charge on any atom is 0.313 e. The molecule has 9 nitrogen and oxygen atoms in total. The number of amides is 4. The number of nitrogens with zero attached hydrogens (tertiary/aromatic N) is 3. The van der Waals surface area contributed by atoms with Gasteiger partial charge < -0.3 is 20.4 Å². The van der Waals surface area contributed by atoms with Crippen LogP contribution in [0.5, 0.6) is 0 Å². The van der Waals surface area contributed by atoms with Gasteiger partial charge >= 0.3 is 11.8 Å². The summed E-state index contributed by atoms with van der Waals surface area (Å²) < 4.78 is 0. The first kappa shape index (κ1) is 23.4. The molecular formula is C25H29N5O4. The molecule has 0 atom stereocenters. The fourth-order valence-corrected chi connectivity index (χ4v) is 4.40. The highest BCUT2D eigenvalue weighted by Crippen LogP contribution is 2.28. The topological polar surface area (TPSA) is 112 Å². The molecular weight excluding hydrogens is 434 g/mol. The van der Waals surface area contributed by atoms with Gasteiger partial charge in [-0.3, -0.25) is 24.2 Å². The number of rotatable bonds is 5. The van der Waals surface area contributed by atoms with E-state index in [0.717, 1.165) is 30.5 Å². The van der Waals surface area contributed by atoms with Gasteiger partial charge in [-0.25, -0.2) is 0 Å². The summed E-state index contributed by atoms with van der Waals surface area (Å²) >= 11 is 0. The normalized spacial score (nSPS) is 16.4. The number of pyridine rings is 1. The minimum atomic E-state index is -0.743. The Morgan fingerprint density at radius 3 is 2.44 bits per heavy atom. The lowest BCUT2D eigenvalue weighted by molar-refractivity contribution is -0.136. The quantitative estimate of drug-likeness (QED) is 0.660. The summed E-state index contributed by atoms with van der Waals surface area (Å²) in [5, 5.41) is 5.34. The molecule has 0 aliphatic carbocycles. The van der Waals surface area contributed by atoms with E-state index in [-0.39, 0.29) is 17.7 Å². The molecule has 4 amide bonds. The van der Waals surface area contributed by atoms with Gasteiger partial charge in [0.1, 0.15) is 0 Å². The summed E-state index contributed by atoms with van der Waals surface area (Å²) in [6.45, 7) is 4.16. The minimum Gasteiger partial charge on any atom is -0.348 e. The molecule has 2 saturated heterocycles. The first-order chi connectivity index (χ1) is 16.4. The lowest BCUT2D eigenvalue weighted by Gasteiger charge is -2.32. The minimum absolute atomic E-state index is 0.0163. The number of piperidine rings is 1. The molecule has 0 saturated carbocycles. The van der Waals surface area contributed by atoms with Gasteiger partial charge in [0.15, 0.2) is 0 Å². The molecule has 2 fully saturated rings. The van der Waals surface area contributed by atoms with Gasteiger partial charge in [0.25, 0.3) is 5.91 Å². The zero-order chi connectivity index (χ0) is 24.1. The van der Waals surface area contributed by atoms with E-state index >= 15 is 0 Å². The van der Waals surface area contributed by atoms with Crippen molar-refractivity contribution < 1.29 is 19.2 Å². The van der Waals surface area contributed by atoms with E-state index in [1.165, 1.54) is 0 Å². The molecule has 2 aromatic rings. The second kappa shape index (κ2) is 10.5. The van der Waals surface area contributed by atoms with Crippen LogP contribution in [0.25, 0.3) is 0 Å². The summed E-state index contributed by atoms with van der Waals surface area (Å²) in [6, 6.07) is 8.69. The summed E-state index contributed by atoms with van der Waals surface area (Å²) in [5.74, 6) is -1.19. The largest absolute Gasteiger partial charge is 0.348 e. The molecule has 1 aromatic carbocycles. The Kier molecular flexibility index (Phi) is 7.20. The first-order valence-corrected chi connectivity index (χ1v) is 11.6. The molecule has 2 aliphatic rings. The monoisotopic (exact) mass is 463 g/mol. The average molecular weight is 464 g/mol. The smallest absolute Gasteiger partial charge is 0.313 e. The van der Waals surface area contributed by atoms with E-state index in [4.69, 9.17) is 0 Å². The molecule has 34 heavy (non-hydrogen) atoms. The van der Waals surface area contributed by atoms with Crippen LogP contribution in [0.3, 0.4) is 0 Å². The van der Waals surface area contributed by atoms with Crippen molar-refractivity contribution in [3.63, 3.8) is 0 Å². The Hall–Kier alpha value is -3.75. The molecule has 2 N–H and O–H groups in total. The van der Waals surface area contributed by atoms with E-state index in [9.17, 15) is 19.2 Å². The van der Waals surface area contributed by atoms with Crippen molar-refractivity contribution >= 4 is 35.0 Å². The van der Waals surface area contributed by atoms with Crippen LogP contribution in [0.15, 0.2) is 42.7 Å². The average Bonchev–Trinajstić information content (AvgIpc) is 3.29. The van der Waals surface area contributed by atoms with Crippen LogP contribution in [-0.4, -0.2) is 59.7 Å². The second-order valence-electron chi connectivity index (χ2n) is 8.79. The van der Waals surface area contributed by atoms with E-state index in [0.29, 0.717) is 43.9 Å². The maximum absolute atomic E-state index is 12.5. The fraction of sp³-hybridized carbons (Fsp3) is 0.400. The highest BCUT2D eigenvalue weighted by molar-refractivity contribution is 6.39. The molecule has 0 spiro atoms. The summed E-state index contributed by atoms with van der Waals surface area (Å²) in [6.07, 6.45) is 6.05. The van der Waals surface area contributed by atoms with E-state index in [2.05, 4.69) is 15.6 Å². The van der Waals surface area contributed by atoms with Crippen molar-refractivity contribution in [1.82, 2.24) is 15.2 Å². The number of hydrogen-bond acceptors (Lipinski definition) is 5. The van der Waals surface area contributed by atoms with Crippen molar-refractivity contribution in [2.75, 3.05) is 36.4 Å². The number of aryl methyl sites for hydroxylation is 1. The highest BCUT2D eigenvalue weighted by atomic mass is 16.2. The lowest BCUT2D eigenvalue weighted by Crippen LogP contribution is -2.43. The van der Waals surface area contributed by atoms with Crippen LogP contribution in [0.1, 0.15) is 41.6 Å². The van der Waals surface area contributed by atoms with Crippen molar-refractivity contribution in [2.24, 2.45) is 5.92 Å². The molecule has 0 radical (unpaired) electrons. The number of carbonyl (C=O) groups excluding carboxylic acids is 4. The third-order valence-electron chi connectivity index (χ3n) is 6.42. The van der Waals surface area contributed by atoms with Gasteiger partial charge in [-0.05, 0) is 61.9 Å². The lowest BCUT2D eigenvalue weighted by atomic mass is 9.96. The molecule has 0 bridgehead atoms. The Labute approximate surface area is 198 Å². The first-order valence-electron chi connectivity index (χ1n) is 11.6. The van der Waals surface area contributed by atoms with Crippen molar-refractivity contribution in [1.29, 1.82) is 0 Å². The number of nitrogens with one attached hydrogen (secondary N) is 2. The molecule has 178 valence electrons. The number of benzene rings is 1. The number of likely N-dealkylation sites (tertiary alicyclic amines) is 1. The Morgan fingerprint density at radius 1 is 1.03 bits per heavy atom. The SMILES string of the molecule is Cc1ccc(NC(=O)C(=O)NCC2CCN(C(=O)c3ccncc3)CC2)cc1N1CCCC1=O. The summed E-state index contributed by atoms with van der Waals surface area (Å²) in [5.41, 5.74) is 2.79. The van der Waals surface area contributed by atoms with Crippen LogP contribution in [-0.2, 0) is 14.4 Å². The van der Waals surface area contributed by atoms with Crippen LogP contribution in [0.4, 0.5) is 11.4 Å². The Balaban J connectivity index is 1.24. The molecule has 1 aromatic heterocycles. The van der Waals surface area contributed by atoms with Crippen LogP contribution < -0.4 is 15.5 Å². The Morgan fingerprint density at radius 2 is 1.76 bits per heavy atom. The number of hydrogen-bond donors (Lipinski definition) is 2. The van der Waals surface area contributed by atoms with Crippen molar-refractivity contribution in [3.8, 4) is 0 Å². The molecule has 3 heterocycles. The van der Waals surface area contributed by atoms with Gasteiger partial charge in [-0.15, -0.1) is 0 Å². The number of aromatic nitrogens is 1. The van der Waals surface area contributed by atoms with E-state index < -0.39 is 11.8 Å². The zero-order valence-electron chi connectivity index (χ0n) is 19.3. The van der Waals surface area contributed by atoms with Crippen molar-refractivity contribution in [2.45, 2.75) is 32.6 Å². The van der Waals surface area contributed by atoms with Crippen LogP contribution in [0.2, 0.25) is 0 Å². The van der Waals surface area contributed by atoms with Crippen molar-refractivity contribution in [3.05, 3.63) is 53.9 Å². The van der Waals surface area contributed by atoms with Gasteiger partial charge in [0.2, 0.25) is 5.91 Å².